The second-order valence-corrected chi connectivity index (χ2v) is 6.05. The molecule has 0 atom stereocenters. The van der Waals surface area contributed by atoms with Crippen LogP contribution < -0.4 is 15.1 Å². The number of hydrogen-bond acceptors (Lipinski definition) is 4. The van der Waals surface area contributed by atoms with Crippen molar-refractivity contribution in [2.45, 2.75) is 0 Å². The Bertz CT molecular complexity index is 913. The summed E-state index contributed by atoms with van der Waals surface area (Å²) in [7, 11) is 3.97. The van der Waals surface area contributed by atoms with Gasteiger partial charge in [0.25, 0.3) is 5.91 Å². The molecule has 1 amide bonds. The highest BCUT2D eigenvalue weighted by Gasteiger charge is 2.04. The Morgan fingerprint density at radius 2 is 1.77 bits per heavy atom. The van der Waals surface area contributed by atoms with Crippen LogP contribution in [0.2, 0.25) is 0 Å². The molecule has 1 N–H and O–H groups in total. The van der Waals surface area contributed by atoms with Crippen LogP contribution in [0.15, 0.2) is 71.8 Å². The van der Waals surface area contributed by atoms with Gasteiger partial charge in [0.15, 0.2) is 6.61 Å². The van der Waals surface area contributed by atoms with E-state index < -0.39 is 0 Å². The minimum atomic E-state index is -0.306. The van der Waals surface area contributed by atoms with Crippen LogP contribution in [0.3, 0.4) is 0 Å². The predicted octanol–water partition coefficient (Wildman–Crippen LogP) is 3.43. The van der Waals surface area contributed by atoms with E-state index in [2.05, 4.69) is 10.5 Å². The zero-order valence-corrected chi connectivity index (χ0v) is 14.8. The summed E-state index contributed by atoms with van der Waals surface area (Å²) in [6, 6.07) is 21.5. The van der Waals surface area contributed by atoms with Gasteiger partial charge in [0.05, 0.1) is 6.21 Å². The molecule has 26 heavy (non-hydrogen) atoms. The van der Waals surface area contributed by atoms with E-state index in [0.29, 0.717) is 5.75 Å². The van der Waals surface area contributed by atoms with Crippen molar-refractivity contribution in [3.8, 4) is 5.75 Å². The SMILES string of the molecule is CN(C)c1ccc(/C=N/NC(=O)COc2cccc3ccccc23)cc1. The number of benzene rings is 3. The highest BCUT2D eigenvalue weighted by molar-refractivity contribution is 5.89. The summed E-state index contributed by atoms with van der Waals surface area (Å²) in [5.74, 6) is 0.376. The molecule has 0 saturated carbocycles. The molecule has 0 aromatic heterocycles. The second-order valence-electron chi connectivity index (χ2n) is 6.05. The van der Waals surface area contributed by atoms with Crippen molar-refractivity contribution in [1.29, 1.82) is 0 Å². The molecule has 0 heterocycles. The topological polar surface area (TPSA) is 53.9 Å². The monoisotopic (exact) mass is 347 g/mol. The van der Waals surface area contributed by atoms with Gasteiger partial charge in [-0.15, -0.1) is 0 Å². The van der Waals surface area contributed by atoms with Gasteiger partial charge >= 0.3 is 0 Å². The lowest BCUT2D eigenvalue weighted by Crippen LogP contribution is -2.24. The molecule has 132 valence electrons. The van der Waals surface area contributed by atoms with Crippen LogP contribution >= 0.6 is 0 Å². The number of amides is 1. The van der Waals surface area contributed by atoms with E-state index in [4.69, 9.17) is 4.74 Å². The fourth-order valence-corrected chi connectivity index (χ4v) is 2.53. The van der Waals surface area contributed by atoms with Crippen molar-refractivity contribution in [3.05, 3.63) is 72.3 Å². The summed E-state index contributed by atoms with van der Waals surface area (Å²) in [4.78, 5) is 14.0. The Kier molecular flexibility index (Phi) is 5.49. The Morgan fingerprint density at radius 1 is 1.04 bits per heavy atom. The number of carbonyl (C=O) groups excluding carboxylic acids is 1. The van der Waals surface area contributed by atoms with E-state index in [1.54, 1.807) is 6.21 Å². The summed E-state index contributed by atoms with van der Waals surface area (Å²) in [6.45, 7) is -0.0923. The minimum absolute atomic E-state index is 0.0923. The molecule has 0 radical (unpaired) electrons. The molecule has 5 nitrogen and oxygen atoms in total. The van der Waals surface area contributed by atoms with Crippen LogP contribution in [0.1, 0.15) is 5.56 Å². The first kappa shape index (κ1) is 17.5. The van der Waals surface area contributed by atoms with Crippen LogP contribution in [0.4, 0.5) is 5.69 Å². The predicted molar refractivity (Wildman–Crippen MR) is 106 cm³/mol. The van der Waals surface area contributed by atoms with Gasteiger partial charge in [-0.3, -0.25) is 4.79 Å². The summed E-state index contributed by atoms with van der Waals surface area (Å²) in [5.41, 5.74) is 4.50. The molecule has 3 rings (SSSR count). The molecule has 0 spiro atoms. The first-order valence-electron chi connectivity index (χ1n) is 8.33. The largest absolute Gasteiger partial charge is 0.483 e. The molecular formula is C21H21N3O2. The highest BCUT2D eigenvalue weighted by Crippen LogP contribution is 2.24. The van der Waals surface area contributed by atoms with Crippen molar-refractivity contribution in [1.82, 2.24) is 5.43 Å². The molecule has 0 fully saturated rings. The van der Waals surface area contributed by atoms with Gasteiger partial charge in [-0.1, -0.05) is 48.5 Å². The summed E-state index contributed by atoms with van der Waals surface area (Å²) >= 11 is 0. The van der Waals surface area contributed by atoms with Crippen LogP contribution in [0.25, 0.3) is 10.8 Å². The molecule has 0 aliphatic rings. The molecule has 0 saturated heterocycles. The van der Waals surface area contributed by atoms with Crippen LogP contribution in [0, 0.1) is 0 Å². The Balaban J connectivity index is 1.54. The maximum absolute atomic E-state index is 11.9. The highest BCUT2D eigenvalue weighted by atomic mass is 16.5. The van der Waals surface area contributed by atoms with Crippen LogP contribution in [0.5, 0.6) is 5.75 Å². The third-order valence-electron chi connectivity index (χ3n) is 3.92. The summed E-state index contributed by atoms with van der Waals surface area (Å²) < 4.78 is 5.63. The number of nitrogens with one attached hydrogen (secondary N) is 1. The molecule has 0 unspecified atom stereocenters. The Labute approximate surface area is 152 Å². The normalized spacial score (nSPS) is 10.8. The molecule has 0 aliphatic carbocycles. The van der Waals surface area contributed by atoms with Crippen LogP contribution in [-0.4, -0.2) is 32.8 Å². The van der Waals surface area contributed by atoms with Crippen molar-refractivity contribution >= 4 is 28.6 Å². The van der Waals surface area contributed by atoms with Gasteiger partial charge in [-0.05, 0) is 29.1 Å². The standard InChI is InChI=1S/C21H21N3O2/c1-24(2)18-12-10-16(11-13-18)14-22-23-21(25)15-26-20-9-5-7-17-6-3-4-8-19(17)20/h3-14H,15H2,1-2H3,(H,23,25)/b22-14+. The number of anilines is 1. The van der Waals surface area contributed by atoms with E-state index >= 15 is 0 Å². The van der Waals surface area contributed by atoms with Crippen molar-refractivity contribution in [3.63, 3.8) is 0 Å². The average molecular weight is 347 g/mol. The van der Waals surface area contributed by atoms with Crippen molar-refractivity contribution in [2.75, 3.05) is 25.6 Å². The summed E-state index contributed by atoms with van der Waals surface area (Å²) in [6.07, 6.45) is 1.61. The first-order valence-corrected chi connectivity index (χ1v) is 8.33. The minimum Gasteiger partial charge on any atom is -0.483 e. The lowest BCUT2D eigenvalue weighted by Gasteiger charge is -2.11. The van der Waals surface area contributed by atoms with Gasteiger partial charge in [0.1, 0.15) is 5.75 Å². The van der Waals surface area contributed by atoms with Crippen molar-refractivity contribution in [2.24, 2.45) is 5.10 Å². The van der Waals surface area contributed by atoms with E-state index in [0.717, 1.165) is 22.0 Å². The number of rotatable bonds is 6. The zero-order valence-electron chi connectivity index (χ0n) is 14.8. The van der Waals surface area contributed by atoms with E-state index in [1.807, 2.05) is 85.7 Å². The van der Waals surface area contributed by atoms with Gasteiger partial charge < -0.3 is 9.64 Å². The third kappa shape index (κ3) is 4.39. The molecular weight excluding hydrogens is 326 g/mol. The number of nitrogens with zero attached hydrogens (tertiary/aromatic N) is 2. The fourth-order valence-electron chi connectivity index (χ4n) is 2.53. The van der Waals surface area contributed by atoms with Gasteiger partial charge in [0, 0.05) is 25.2 Å². The van der Waals surface area contributed by atoms with Gasteiger partial charge in [-0.25, -0.2) is 5.43 Å². The third-order valence-corrected chi connectivity index (χ3v) is 3.92. The smallest absolute Gasteiger partial charge is 0.277 e. The average Bonchev–Trinajstić information content (AvgIpc) is 2.66. The first-order chi connectivity index (χ1) is 12.6. The van der Waals surface area contributed by atoms with E-state index in [9.17, 15) is 4.79 Å². The van der Waals surface area contributed by atoms with E-state index in [-0.39, 0.29) is 12.5 Å². The zero-order chi connectivity index (χ0) is 18.4. The molecule has 3 aromatic rings. The number of fused-ring (bicyclic) bond motifs is 1. The fraction of sp³-hybridized carbons (Fsp3) is 0.143. The second kappa shape index (κ2) is 8.16. The Morgan fingerprint density at radius 3 is 2.54 bits per heavy atom. The number of ether oxygens (including phenoxy) is 1. The maximum atomic E-state index is 11.9. The molecule has 5 heteroatoms. The lowest BCUT2D eigenvalue weighted by molar-refractivity contribution is -0.123. The lowest BCUT2D eigenvalue weighted by atomic mass is 10.1. The maximum Gasteiger partial charge on any atom is 0.277 e. The Hall–Kier alpha value is -3.34. The van der Waals surface area contributed by atoms with Crippen molar-refractivity contribution < 1.29 is 9.53 Å². The van der Waals surface area contributed by atoms with E-state index in [1.165, 1.54) is 0 Å². The quantitative estimate of drug-likeness (QED) is 0.549. The van der Waals surface area contributed by atoms with Gasteiger partial charge in [-0.2, -0.15) is 5.10 Å². The summed E-state index contributed by atoms with van der Waals surface area (Å²) in [5, 5.41) is 6.03. The molecule has 0 bridgehead atoms. The number of carbonyl (C=O) groups is 1. The van der Waals surface area contributed by atoms with Crippen LogP contribution in [-0.2, 0) is 4.79 Å². The molecule has 0 aliphatic heterocycles. The van der Waals surface area contributed by atoms with Gasteiger partial charge in [0.2, 0.25) is 0 Å². The number of hydrogen-bond donors (Lipinski definition) is 1. The molecule has 3 aromatic carbocycles. The number of hydrazone groups is 1.